The van der Waals surface area contributed by atoms with Crippen molar-refractivity contribution in [3.63, 3.8) is 0 Å². The molecule has 1 aromatic carbocycles. The zero-order chi connectivity index (χ0) is 18.8. The van der Waals surface area contributed by atoms with Crippen molar-refractivity contribution in [3.05, 3.63) is 29.8 Å². The smallest absolute Gasteiger partial charge is 0.242 e. The van der Waals surface area contributed by atoms with Gasteiger partial charge in [0.2, 0.25) is 11.8 Å². The van der Waals surface area contributed by atoms with Gasteiger partial charge in [0.05, 0.1) is 13.2 Å². The summed E-state index contributed by atoms with van der Waals surface area (Å²) in [5.74, 6) is 0.461. The van der Waals surface area contributed by atoms with Gasteiger partial charge >= 0.3 is 0 Å². The first-order valence-corrected chi connectivity index (χ1v) is 8.64. The average molecular weight is 350 g/mol. The van der Waals surface area contributed by atoms with E-state index in [-0.39, 0.29) is 17.9 Å². The van der Waals surface area contributed by atoms with Crippen LogP contribution in [0.2, 0.25) is 0 Å². The normalized spacial score (nSPS) is 11.9. The van der Waals surface area contributed by atoms with Gasteiger partial charge < -0.3 is 19.7 Å². The van der Waals surface area contributed by atoms with Crippen LogP contribution in [0.4, 0.5) is 0 Å². The van der Waals surface area contributed by atoms with Crippen LogP contribution in [-0.2, 0) is 20.9 Å². The summed E-state index contributed by atoms with van der Waals surface area (Å²) >= 11 is 0. The Kier molecular flexibility index (Phi) is 8.99. The van der Waals surface area contributed by atoms with Gasteiger partial charge in [0.1, 0.15) is 11.8 Å². The van der Waals surface area contributed by atoms with Crippen LogP contribution < -0.4 is 10.1 Å². The highest BCUT2D eigenvalue weighted by molar-refractivity contribution is 5.86. The zero-order valence-corrected chi connectivity index (χ0v) is 15.9. The molecule has 0 saturated carbocycles. The quantitative estimate of drug-likeness (QED) is 0.658. The first kappa shape index (κ1) is 21.0. The number of benzene rings is 1. The number of carbonyl (C=O) groups is 2. The lowest BCUT2D eigenvalue weighted by molar-refractivity contribution is -0.139. The van der Waals surface area contributed by atoms with Crippen LogP contribution in [0, 0.1) is 0 Å². The molecule has 0 saturated heterocycles. The number of nitrogens with one attached hydrogen (secondary N) is 1. The predicted octanol–water partition coefficient (Wildman–Crippen LogP) is 2.36. The van der Waals surface area contributed by atoms with Crippen LogP contribution in [0.3, 0.4) is 0 Å². The van der Waals surface area contributed by atoms with E-state index in [4.69, 9.17) is 9.47 Å². The Labute approximate surface area is 150 Å². The van der Waals surface area contributed by atoms with E-state index >= 15 is 0 Å². The van der Waals surface area contributed by atoms with Gasteiger partial charge in [0.15, 0.2) is 0 Å². The summed E-state index contributed by atoms with van der Waals surface area (Å²) in [7, 11) is 1.61. The molecule has 2 amide bonds. The molecule has 0 spiro atoms. The second-order valence-electron chi connectivity index (χ2n) is 6.24. The molecule has 6 nitrogen and oxygen atoms in total. The topological polar surface area (TPSA) is 67.9 Å². The Bertz CT molecular complexity index is 543. The van der Waals surface area contributed by atoms with Gasteiger partial charge in [-0.2, -0.15) is 0 Å². The van der Waals surface area contributed by atoms with Crippen molar-refractivity contribution in [1.29, 1.82) is 0 Å². The number of rotatable bonds is 10. The molecule has 0 aliphatic rings. The van der Waals surface area contributed by atoms with E-state index in [1.807, 2.05) is 38.1 Å². The maximum absolute atomic E-state index is 12.3. The van der Waals surface area contributed by atoms with Gasteiger partial charge in [0.25, 0.3) is 0 Å². The molecule has 6 heteroatoms. The first-order chi connectivity index (χ1) is 11.8. The van der Waals surface area contributed by atoms with Crippen LogP contribution in [0.1, 0.15) is 39.7 Å². The fourth-order valence-electron chi connectivity index (χ4n) is 2.34. The molecule has 1 N–H and O–H groups in total. The van der Waals surface area contributed by atoms with Crippen molar-refractivity contribution in [1.82, 2.24) is 10.2 Å². The molecule has 0 unspecified atom stereocenters. The monoisotopic (exact) mass is 350 g/mol. The van der Waals surface area contributed by atoms with Gasteiger partial charge in [-0.25, -0.2) is 0 Å². The molecule has 1 aromatic rings. The van der Waals surface area contributed by atoms with E-state index in [1.54, 1.807) is 18.9 Å². The SMILES string of the molecule is COc1ccc(CN(C(C)=O)[C@H](C)C(=O)NCCCOC(C)C)cc1. The highest BCUT2D eigenvalue weighted by Gasteiger charge is 2.23. The molecule has 140 valence electrons. The molecule has 1 rings (SSSR count). The first-order valence-electron chi connectivity index (χ1n) is 8.64. The Morgan fingerprint density at radius 2 is 1.80 bits per heavy atom. The van der Waals surface area contributed by atoms with Gasteiger partial charge in [-0.1, -0.05) is 12.1 Å². The highest BCUT2D eigenvalue weighted by Crippen LogP contribution is 2.14. The predicted molar refractivity (Wildman–Crippen MR) is 97.4 cm³/mol. The van der Waals surface area contributed by atoms with Crippen LogP contribution in [0.25, 0.3) is 0 Å². The summed E-state index contributed by atoms with van der Waals surface area (Å²) in [6.07, 6.45) is 0.933. The fourth-order valence-corrected chi connectivity index (χ4v) is 2.34. The van der Waals surface area contributed by atoms with Crippen molar-refractivity contribution in [2.45, 2.75) is 52.8 Å². The lowest BCUT2D eigenvalue weighted by atomic mass is 10.1. The molecule has 0 fully saturated rings. The second kappa shape index (κ2) is 10.7. The van der Waals surface area contributed by atoms with E-state index in [0.29, 0.717) is 19.7 Å². The molecule has 0 aliphatic carbocycles. The molecule has 1 atom stereocenters. The number of hydrogen-bond acceptors (Lipinski definition) is 4. The molecule has 0 bridgehead atoms. The molecule has 0 aromatic heterocycles. The van der Waals surface area contributed by atoms with Crippen LogP contribution >= 0.6 is 0 Å². The Morgan fingerprint density at radius 1 is 1.16 bits per heavy atom. The molecule has 0 aliphatic heterocycles. The number of ether oxygens (including phenoxy) is 2. The van der Waals surface area contributed by atoms with Crippen LogP contribution in [-0.4, -0.2) is 49.1 Å². The number of hydrogen-bond donors (Lipinski definition) is 1. The minimum absolute atomic E-state index is 0.137. The van der Waals surface area contributed by atoms with E-state index < -0.39 is 6.04 Å². The number of methoxy groups -OCH3 is 1. The van der Waals surface area contributed by atoms with Crippen molar-refractivity contribution < 1.29 is 19.1 Å². The third-order valence-electron chi connectivity index (χ3n) is 3.83. The number of carbonyl (C=O) groups excluding carboxylic acids is 2. The maximum Gasteiger partial charge on any atom is 0.242 e. The Morgan fingerprint density at radius 3 is 2.32 bits per heavy atom. The van der Waals surface area contributed by atoms with E-state index in [9.17, 15) is 9.59 Å². The molecule has 0 radical (unpaired) electrons. The highest BCUT2D eigenvalue weighted by atomic mass is 16.5. The number of nitrogens with zero attached hydrogens (tertiary/aromatic N) is 1. The van der Waals surface area contributed by atoms with Gasteiger partial charge in [-0.3, -0.25) is 9.59 Å². The standard InChI is InChI=1S/C19H30N2O4/c1-14(2)25-12-6-11-20-19(23)15(3)21(16(4)22)13-17-7-9-18(24-5)10-8-17/h7-10,14-15H,6,11-13H2,1-5H3,(H,20,23)/t15-/m1/s1. The van der Waals surface area contributed by atoms with Crippen molar-refractivity contribution >= 4 is 11.8 Å². The third kappa shape index (κ3) is 7.56. The Hall–Kier alpha value is -2.08. The lowest BCUT2D eigenvalue weighted by Gasteiger charge is -2.27. The summed E-state index contributed by atoms with van der Waals surface area (Å²) < 4.78 is 10.6. The summed E-state index contributed by atoms with van der Waals surface area (Å²) in [6, 6.07) is 6.93. The Balaban J connectivity index is 2.55. The van der Waals surface area contributed by atoms with E-state index in [1.165, 1.54) is 6.92 Å². The minimum Gasteiger partial charge on any atom is -0.497 e. The van der Waals surface area contributed by atoms with Gasteiger partial charge in [-0.15, -0.1) is 0 Å². The van der Waals surface area contributed by atoms with Crippen molar-refractivity contribution in [2.75, 3.05) is 20.3 Å². The van der Waals surface area contributed by atoms with Gasteiger partial charge in [0, 0.05) is 26.6 Å². The van der Waals surface area contributed by atoms with Crippen LogP contribution in [0.5, 0.6) is 5.75 Å². The van der Waals surface area contributed by atoms with E-state index in [0.717, 1.165) is 17.7 Å². The van der Waals surface area contributed by atoms with Crippen molar-refractivity contribution in [2.24, 2.45) is 0 Å². The average Bonchev–Trinajstić information content (AvgIpc) is 2.58. The largest absolute Gasteiger partial charge is 0.497 e. The summed E-state index contributed by atoms with van der Waals surface area (Å²) in [5.41, 5.74) is 0.945. The molecular formula is C19H30N2O4. The molecular weight excluding hydrogens is 320 g/mol. The summed E-state index contributed by atoms with van der Waals surface area (Å²) in [5, 5.41) is 2.86. The zero-order valence-electron chi connectivity index (χ0n) is 15.9. The minimum atomic E-state index is -0.536. The van der Waals surface area contributed by atoms with Crippen molar-refractivity contribution in [3.8, 4) is 5.75 Å². The fraction of sp³-hybridized carbons (Fsp3) is 0.579. The second-order valence-corrected chi connectivity index (χ2v) is 6.24. The third-order valence-corrected chi connectivity index (χ3v) is 3.83. The van der Waals surface area contributed by atoms with Gasteiger partial charge in [-0.05, 0) is 44.9 Å². The summed E-state index contributed by atoms with van der Waals surface area (Å²) in [4.78, 5) is 25.8. The lowest BCUT2D eigenvalue weighted by Crippen LogP contribution is -2.47. The summed E-state index contributed by atoms with van der Waals surface area (Å²) in [6.45, 7) is 8.69. The number of amides is 2. The van der Waals surface area contributed by atoms with Crippen LogP contribution in [0.15, 0.2) is 24.3 Å². The molecule has 25 heavy (non-hydrogen) atoms. The maximum atomic E-state index is 12.3. The van der Waals surface area contributed by atoms with E-state index in [2.05, 4.69) is 5.32 Å². The molecule has 0 heterocycles.